The number of rotatable bonds is 5. The summed E-state index contributed by atoms with van der Waals surface area (Å²) in [6, 6.07) is 7.24. The van der Waals surface area contributed by atoms with E-state index in [2.05, 4.69) is 9.71 Å². The van der Waals surface area contributed by atoms with Gasteiger partial charge in [0.25, 0.3) is 5.56 Å². The van der Waals surface area contributed by atoms with Crippen LogP contribution in [-0.2, 0) is 30.7 Å². The second-order valence-electron chi connectivity index (χ2n) is 5.82. The highest BCUT2D eigenvalue weighted by molar-refractivity contribution is 7.89. The third kappa shape index (κ3) is 3.16. The Bertz CT molecular complexity index is 1200. The van der Waals surface area contributed by atoms with Gasteiger partial charge in [-0.25, -0.2) is 17.9 Å². The largest absolute Gasteiger partial charge is 0.497 e. The van der Waals surface area contributed by atoms with Gasteiger partial charge >= 0.3 is 5.69 Å². The molecule has 0 unspecified atom stereocenters. The fourth-order valence-corrected chi connectivity index (χ4v) is 3.77. The molecule has 0 bridgehead atoms. The van der Waals surface area contributed by atoms with Gasteiger partial charge in [0.1, 0.15) is 5.75 Å². The summed E-state index contributed by atoms with van der Waals surface area (Å²) < 4.78 is 34.3. The third-order valence-corrected chi connectivity index (χ3v) is 5.42. The number of sulfonamides is 1. The van der Waals surface area contributed by atoms with Crippen molar-refractivity contribution >= 4 is 20.9 Å². The maximum absolute atomic E-state index is 12.5. The van der Waals surface area contributed by atoms with Gasteiger partial charge in [0.2, 0.25) is 10.0 Å². The Hall–Kier alpha value is -2.85. The minimum absolute atomic E-state index is 0.0364. The number of hydrogen-bond donors (Lipinski definition) is 2. The van der Waals surface area contributed by atoms with Crippen LogP contribution in [0.3, 0.4) is 0 Å². The lowest BCUT2D eigenvalue weighted by Gasteiger charge is -2.08. The maximum Gasteiger partial charge on any atom is 0.330 e. The zero-order valence-corrected chi connectivity index (χ0v) is 15.3. The molecule has 0 atom stereocenters. The minimum atomic E-state index is -4.09. The summed E-state index contributed by atoms with van der Waals surface area (Å²) >= 11 is 0. The van der Waals surface area contributed by atoms with Crippen LogP contribution in [0.25, 0.3) is 10.9 Å². The monoisotopic (exact) mass is 378 g/mol. The van der Waals surface area contributed by atoms with Gasteiger partial charge in [-0.1, -0.05) is 0 Å². The van der Waals surface area contributed by atoms with Crippen LogP contribution in [0.5, 0.6) is 5.75 Å². The molecule has 2 heterocycles. The van der Waals surface area contributed by atoms with E-state index in [1.165, 1.54) is 14.1 Å². The fourth-order valence-electron chi connectivity index (χ4n) is 2.60. The zero-order chi connectivity index (χ0) is 19.1. The lowest BCUT2D eigenvalue weighted by molar-refractivity contribution is 0.415. The Balaban J connectivity index is 1.89. The van der Waals surface area contributed by atoms with Crippen molar-refractivity contribution in [3.8, 4) is 5.75 Å². The van der Waals surface area contributed by atoms with E-state index in [-0.39, 0.29) is 6.54 Å². The summed E-state index contributed by atoms with van der Waals surface area (Å²) in [5.41, 5.74) is -0.0167. The minimum Gasteiger partial charge on any atom is -0.497 e. The highest BCUT2D eigenvalue weighted by Gasteiger charge is 2.21. The summed E-state index contributed by atoms with van der Waals surface area (Å²) in [7, 11) is 0.0888. The molecule has 2 aromatic heterocycles. The molecule has 26 heavy (non-hydrogen) atoms. The molecular weight excluding hydrogens is 360 g/mol. The van der Waals surface area contributed by atoms with E-state index in [0.29, 0.717) is 11.4 Å². The summed E-state index contributed by atoms with van der Waals surface area (Å²) in [6.07, 6.45) is 1.02. The molecule has 138 valence electrons. The van der Waals surface area contributed by atoms with E-state index in [1.807, 2.05) is 12.1 Å². The van der Waals surface area contributed by atoms with Crippen molar-refractivity contribution in [2.24, 2.45) is 14.1 Å². The number of ether oxygens (including phenoxy) is 1. The Morgan fingerprint density at radius 3 is 2.62 bits per heavy atom. The van der Waals surface area contributed by atoms with Gasteiger partial charge in [-0.2, -0.15) is 0 Å². The van der Waals surface area contributed by atoms with Crippen LogP contribution in [0.1, 0.15) is 5.69 Å². The first kappa shape index (κ1) is 18.0. The molecule has 3 aromatic rings. The van der Waals surface area contributed by atoms with Crippen molar-refractivity contribution in [3.63, 3.8) is 0 Å². The Morgan fingerprint density at radius 1 is 1.19 bits per heavy atom. The van der Waals surface area contributed by atoms with E-state index in [1.54, 1.807) is 19.2 Å². The van der Waals surface area contributed by atoms with Crippen LogP contribution >= 0.6 is 0 Å². The first-order valence-corrected chi connectivity index (χ1v) is 9.13. The highest BCUT2D eigenvalue weighted by Crippen LogP contribution is 2.21. The highest BCUT2D eigenvalue weighted by atomic mass is 32.2. The molecule has 0 aliphatic heterocycles. The molecule has 0 spiro atoms. The molecule has 10 heteroatoms. The first-order valence-electron chi connectivity index (χ1n) is 7.65. The van der Waals surface area contributed by atoms with Gasteiger partial charge in [-0.15, -0.1) is 0 Å². The molecule has 0 amide bonds. The van der Waals surface area contributed by atoms with Gasteiger partial charge in [-0.05, 0) is 24.3 Å². The molecule has 0 aliphatic rings. The normalized spacial score (nSPS) is 11.8. The predicted octanol–water partition coefficient (Wildman–Crippen LogP) is 0.0524. The van der Waals surface area contributed by atoms with Crippen molar-refractivity contribution in [1.29, 1.82) is 0 Å². The van der Waals surface area contributed by atoms with Gasteiger partial charge in [0, 0.05) is 36.9 Å². The second-order valence-corrected chi connectivity index (χ2v) is 7.56. The molecule has 2 N–H and O–H groups in total. The van der Waals surface area contributed by atoms with Crippen molar-refractivity contribution in [3.05, 3.63) is 57.0 Å². The van der Waals surface area contributed by atoms with Crippen LogP contribution < -0.4 is 20.7 Å². The van der Waals surface area contributed by atoms with E-state index in [9.17, 15) is 18.0 Å². The molecule has 0 aliphatic carbocycles. The van der Waals surface area contributed by atoms with Crippen LogP contribution in [0.15, 0.2) is 44.9 Å². The number of benzene rings is 1. The van der Waals surface area contributed by atoms with Crippen molar-refractivity contribution in [1.82, 2.24) is 18.8 Å². The SMILES string of the molecule is COc1ccc2[nH]c(CNS(=O)(=O)c3cn(C)c(=O)n(C)c3=O)cc2c1. The van der Waals surface area contributed by atoms with Gasteiger partial charge in [0.15, 0.2) is 4.90 Å². The lowest BCUT2D eigenvalue weighted by Crippen LogP contribution is -2.41. The summed E-state index contributed by atoms with van der Waals surface area (Å²) in [4.78, 5) is 26.4. The summed E-state index contributed by atoms with van der Waals surface area (Å²) in [5, 5.41) is 0.872. The molecule has 1 aromatic carbocycles. The number of aromatic amines is 1. The average Bonchev–Trinajstić information content (AvgIpc) is 3.03. The number of aromatic nitrogens is 3. The van der Waals surface area contributed by atoms with E-state index >= 15 is 0 Å². The summed E-state index contributed by atoms with van der Waals surface area (Å²) in [6.45, 7) is -0.0364. The van der Waals surface area contributed by atoms with Crippen LogP contribution in [0.2, 0.25) is 0 Å². The van der Waals surface area contributed by atoms with Crippen molar-refractivity contribution < 1.29 is 13.2 Å². The maximum atomic E-state index is 12.5. The topological polar surface area (TPSA) is 115 Å². The lowest BCUT2D eigenvalue weighted by atomic mass is 10.2. The smallest absolute Gasteiger partial charge is 0.330 e. The van der Waals surface area contributed by atoms with E-state index < -0.39 is 26.2 Å². The van der Waals surface area contributed by atoms with Crippen LogP contribution in [0, 0.1) is 0 Å². The number of fused-ring (bicyclic) bond motifs is 1. The number of nitrogens with one attached hydrogen (secondary N) is 2. The molecule has 0 saturated carbocycles. The molecule has 3 rings (SSSR count). The van der Waals surface area contributed by atoms with Crippen molar-refractivity contribution in [2.75, 3.05) is 7.11 Å². The average molecular weight is 378 g/mol. The second kappa shape index (κ2) is 6.46. The number of nitrogens with zero attached hydrogens (tertiary/aromatic N) is 2. The van der Waals surface area contributed by atoms with E-state index in [4.69, 9.17) is 4.74 Å². The van der Waals surface area contributed by atoms with E-state index in [0.717, 1.165) is 26.2 Å². The predicted molar refractivity (Wildman–Crippen MR) is 95.8 cm³/mol. The van der Waals surface area contributed by atoms with Gasteiger partial charge < -0.3 is 14.3 Å². The number of aryl methyl sites for hydroxylation is 1. The Kier molecular flexibility index (Phi) is 4.46. The quantitative estimate of drug-likeness (QED) is 0.651. The first-order chi connectivity index (χ1) is 12.2. The van der Waals surface area contributed by atoms with Crippen LogP contribution in [-0.4, -0.2) is 29.6 Å². The molecule has 9 nitrogen and oxygen atoms in total. The molecule has 0 saturated heterocycles. The van der Waals surface area contributed by atoms with Crippen molar-refractivity contribution in [2.45, 2.75) is 11.4 Å². The van der Waals surface area contributed by atoms with Crippen LogP contribution in [0.4, 0.5) is 0 Å². The fraction of sp³-hybridized carbons (Fsp3) is 0.250. The number of hydrogen-bond acceptors (Lipinski definition) is 5. The molecular formula is C16H18N4O5S. The standard InChI is InChI=1S/C16H18N4O5S/c1-19-9-14(15(21)20(2)16(19)22)26(23,24)17-8-11-6-10-7-12(25-3)4-5-13(10)18-11/h4-7,9,17-18H,8H2,1-3H3. The molecule has 0 fully saturated rings. The van der Waals surface area contributed by atoms with Gasteiger partial charge in [-0.3, -0.25) is 9.36 Å². The third-order valence-electron chi connectivity index (χ3n) is 4.04. The zero-order valence-electron chi connectivity index (χ0n) is 14.4. The van der Waals surface area contributed by atoms with Gasteiger partial charge in [0.05, 0.1) is 13.7 Å². The molecule has 0 radical (unpaired) electrons. The number of H-pyrrole nitrogens is 1. The number of methoxy groups -OCH3 is 1. The summed E-state index contributed by atoms with van der Waals surface area (Å²) in [5.74, 6) is 0.692. The Morgan fingerprint density at radius 2 is 1.92 bits per heavy atom. The Labute approximate surface area is 148 Å².